The number of halogens is 1. The minimum atomic E-state index is -3.83. The molecule has 19 heavy (non-hydrogen) atoms. The molecule has 0 aliphatic rings. The van der Waals surface area contributed by atoms with Gasteiger partial charge in [0.15, 0.2) is 4.34 Å². The van der Waals surface area contributed by atoms with Gasteiger partial charge < -0.3 is 5.11 Å². The normalized spacial score (nSPS) is 13.4. The van der Waals surface area contributed by atoms with Crippen LogP contribution in [0.1, 0.15) is 19.8 Å². The van der Waals surface area contributed by atoms with Gasteiger partial charge in [-0.25, -0.2) is 13.1 Å². The second-order valence-corrected chi connectivity index (χ2v) is 7.46. The number of nitrogens with zero attached hydrogens (tertiary/aromatic N) is 1. The lowest BCUT2D eigenvalue weighted by Gasteiger charge is -2.12. The number of hydrogen-bond acceptors (Lipinski definition) is 6. The third-order valence-electron chi connectivity index (χ3n) is 2.26. The Balaban J connectivity index is 2.89. The summed E-state index contributed by atoms with van der Waals surface area (Å²) in [6.07, 6.45) is 0.936. The standard InChI is InChI=1S/C9H13ClN2O5S2/c1-6(3-2-4-13)11-19(16,17)8-5-7(12(14)15)9(10)18-8/h5-6,11,13H,2-4H2,1H3. The van der Waals surface area contributed by atoms with E-state index in [1.165, 1.54) is 0 Å². The molecular formula is C9H13ClN2O5S2. The Morgan fingerprint density at radius 3 is 2.74 bits per heavy atom. The largest absolute Gasteiger partial charge is 0.396 e. The molecule has 0 bridgehead atoms. The van der Waals surface area contributed by atoms with Crippen molar-refractivity contribution in [1.29, 1.82) is 0 Å². The summed E-state index contributed by atoms with van der Waals surface area (Å²) in [5.41, 5.74) is -0.421. The van der Waals surface area contributed by atoms with E-state index in [0.717, 1.165) is 6.07 Å². The van der Waals surface area contributed by atoms with Crippen molar-refractivity contribution in [2.45, 2.75) is 30.0 Å². The van der Waals surface area contributed by atoms with Gasteiger partial charge in [-0.15, -0.1) is 11.3 Å². The molecule has 0 saturated carbocycles. The molecule has 10 heteroatoms. The molecule has 1 heterocycles. The van der Waals surface area contributed by atoms with Gasteiger partial charge in [0.2, 0.25) is 0 Å². The zero-order valence-electron chi connectivity index (χ0n) is 10.00. The molecule has 1 aromatic heterocycles. The first-order chi connectivity index (χ1) is 8.77. The number of aliphatic hydroxyl groups excluding tert-OH is 1. The van der Waals surface area contributed by atoms with E-state index >= 15 is 0 Å². The molecule has 0 spiro atoms. The van der Waals surface area contributed by atoms with Crippen LogP contribution in [-0.4, -0.2) is 31.1 Å². The van der Waals surface area contributed by atoms with Crippen molar-refractivity contribution in [3.8, 4) is 0 Å². The van der Waals surface area contributed by atoms with Crippen LogP contribution in [0.3, 0.4) is 0 Å². The zero-order chi connectivity index (χ0) is 14.6. The third-order valence-corrected chi connectivity index (χ3v) is 5.66. The van der Waals surface area contributed by atoms with Crippen molar-refractivity contribution in [3.63, 3.8) is 0 Å². The molecule has 0 aliphatic heterocycles. The smallest absolute Gasteiger partial charge is 0.300 e. The van der Waals surface area contributed by atoms with E-state index in [1.54, 1.807) is 6.92 Å². The maximum absolute atomic E-state index is 11.9. The van der Waals surface area contributed by atoms with Crippen LogP contribution in [0.4, 0.5) is 5.69 Å². The van der Waals surface area contributed by atoms with Gasteiger partial charge in [-0.1, -0.05) is 11.6 Å². The molecule has 1 unspecified atom stereocenters. The van der Waals surface area contributed by atoms with Crippen LogP contribution in [0.5, 0.6) is 0 Å². The summed E-state index contributed by atoms with van der Waals surface area (Å²) in [5, 5.41) is 19.3. The van der Waals surface area contributed by atoms with E-state index in [0.29, 0.717) is 24.2 Å². The highest BCUT2D eigenvalue weighted by Gasteiger charge is 2.26. The van der Waals surface area contributed by atoms with Crippen LogP contribution < -0.4 is 4.72 Å². The summed E-state index contributed by atoms with van der Waals surface area (Å²) in [5.74, 6) is 0. The van der Waals surface area contributed by atoms with Crippen LogP contribution in [0.25, 0.3) is 0 Å². The first-order valence-electron chi connectivity index (χ1n) is 5.35. The fourth-order valence-corrected chi connectivity index (χ4v) is 4.33. The van der Waals surface area contributed by atoms with Gasteiger partial charge in [0.05, 0.1) is 4.92 Å². The van der Waals surface area contributed by atoms with Gasteiger partial charge in [-0.05, 0) is 19.8 Å². The van der Waals surface area contributed by atoms with Crippen molar-refractivity contribution in [1.82, 2.24) is 4.72 Å². The average molecular weight is 329 g/mol. The van der Waals surface area contributed by atoms with E-state index in [2.05, 4.69) is 4.72 Å². The van der Waals surface area contributed by atoms with Crippen LogP contribution in [-0.2, 0) is 10.0 Å². The minimum Gasteiger partial charge on any atom is -0.396 e. The van der Waals surface area contributed by atoms with E-state index in [-0.39, 0.29) is 21.2 Å². The summed E-state index contributed by atoms with van der Waals surface area (Å²) < 4.78 is 25.9. The fraction of sp³-hybridized carbons (Fsp3) is 0.556. The fourth-order valence-electron chi connectivity index (χ4n) is 1.37. The van der Waals surface area contributed by atoms with Gasteiger partial charge in [0.25, 0.3) is 15.7 Å². The Morgan fingerprint density at radius 2 is 2.26 bits per heavy atom. The van der Waals surface area contributed by atoms with E-state index in [9.17, 15) is 18.5 Å². The number of thiophene rings is 1. The lowest BCUT2D eigenvalue weighted by molar-refractivity contribution is -0.384. The van der Waals surface area contributed by atoms with Gasteiger partial charge in [0, 0.05) is 18.7 Å². The number of rotatable bonds is 7. The number of hydrogen-bond donors (Lipinski definition) is 2. The summed E-state index contributed by atoms with van der Waals surface area (Å²) in [6, 6.07) is 0.561. The highest BCUT2D eigenvalue weighted by molar-refractivity contribution is 7.91. The SMILES string of the molecule is CC(CCCO)NS(=O)(=O)c1cc([N+](=O)[O-])c(Cl)s1. The lowest BCUT2D eigenvalue weighted by atomic mass is 10.2. The molecule has 0 aliphatic carbocycles. The molecule has 0 fully saturated rings. The van der Waals surface area contributed by atoms with Gasteiger partial charge in [-0.3, -0.25) is 10.1 Å². The third kappa shape index (κ3) is 4.39. The molecule has 0 saturated heterocycles. The minimum absolute atomic E-state index is 0.0254. The molecule has 1 aromatic rings. The van der Waals surface area contributed by atoms with Crippen LogP contribution in [0, 0.1) is 10.1 Å². The number of sulfonamides is 1. The summed E-state index contributed by atoms with van der Waals surface area (Å²) in [4.78, 5) is 9.88. The molecule has 1 rings (SSSR count). The Labute approximate surface area is 119 Å². The average Bonchev–Trinajstić information content (AvgIpc) is 2.69. The molecular weight excluding hydrogens is 316 g/mol. The second kappa shape index (κ2) is 6.62. The van der Waals surface area contributed by atoms with Crippen LogP contribution >= 0.6 is 22.9 Å². The topological polar surface area (TPSA) is 110 Å². The van der Waals surface area contributed by atoms with E-state index < -0.39 is 20.6 Å². The van der Waals surface area contributed by atoms with Crippen molar-refractivity contribution >= 4 is 38.6 Å². The van der Waals surface area contributed by atoms with E-state index in [1.807, 2.05) is 0 Å². The molecule has 7 nitrogen and oxygen atoms in total. The predicted octanol–water partition coefficient (Wildman–Crippen LogP) is 1.75. The quantitative estimate of drug-likeness (QED) is 0.585. The first-order valence-corrected chi connectivity index (χ1v) is 8.02. The lowest BCUT2D eigenvalue weighted by Crippen LogP contribution is -2.32. The highest BCUT2D eigenvalue weighted by Crippen LogP contribution is 2.36. The Hall–Kier alpha value is -0.740. The van der Waals surface area contributed by atoms with Crippen LogP contribution in [0.15, 0.2) is 10.3 Å². The van der Waals surface area contributed by atoms with Crippen molar-refractivity contribution in [2.75, 3.05) is 6.61 Å². The van der Waals surface area contributed by atoms with Crippen molar-refractivity contribution < 1.29 is 18.4 Å². The number of nitrogens with one attached hydrogen (secondary N) is 1. The summed E-state index contributed by atoms with van der Waals surface area (Å²) in [7, 11) is -3.83. The predicted molar refractivity (Wildman–Crippen MR) is 72.1 cm³/mol. The maximum atomic E-state index is 11.9. The molecule has 1 atom stereocenters. The summed E-state index contributed by atoms with van der Waals surface area (Å²) in [6.45, 7) is 1.62. The van der Waals surface area contributed by atoms with Gasteiger partial charge in [0.1, 0.15) is 4.21 Å². The van der Waals surface area contributed by atoms with Gasteiger partial charge >= 0.3 is 0 Å². The van der Waals surface area contributed by atoms with Crippen LogP contribution in [0.2, 0.25) is 4.34 Å². The molecule has 0 amide bonds. The van der Waals surface area contributed by atoms with Gasteiger partial charge in [-0.2, -0.15) is 0 Å². The number of nitro groups is 1. The monoisotopic (exact) mass is 328 g/mol. The zero-order valence-corrected chi connectivity index (χ0v) is 12.4. The molecule has 2 N–H and O–H groups in total. The maximum Gasteiger partial charge on any atom is 0.300 e. The number of aliphatic hydroxyl groups is 1. The Morgan fingerprint density at radius 1 is 1.63 bits per heavy atom. The Bertz CT molecular complexity index is 557. The summed E-state index contributed by atoms with van der Waals surface area (Å²) >= 11 is 6.26. The van der Waals surface area contributed by atoms with Crippen molar-refractivity contribution in [2.24, 2.45) is 0 Å². The first kappa shape index (κ1) is 16.3. The second-order valence-electron chi connectivity index (χ2n) is 3.87. The Kier molecular flexibility index (Phi) is 5.68. The van der Waals surface area contributed by atoms with Crippen molar-refractivity contribution in [3.05, 3.63) is 20.5 Å². The molecule has 0 aromatic carbocycles. The van der Waals surface area contributed by atoms with E-state index in [4.69, 9.17) is 16.7 Å². The molecule has 108 valence electrons. The molecule has 0 radical (unpaired) electrons. The highest BCUT2D eigenvalue weighted by atomic mass is 35.5.